The molecule has 0 saturated carbocycles. The van der Waals surface area contributed by atoms with Crippen molar-refractivity contribution in [3.63, 3.8) is 0 Å². The number of hydrogen-bond acceptors (Lipinski definition) is 6. The fourth-order valence-corrected chi connectivity index (χ4v) is 2.53. The summed E-state index contributed by atoms with van der Waals surface area (Å²) in [5, 5.41) is 6.59. The molecule has 6 nitrogen and oxygen atoms in total. The van der Waals surface area contributed by atoms with E-state index in [9.17, 15) is 0 Å². The molecule has 0 amide bonds. The molecule has 0 aromatic heterocycles. The van der Waals surface area contributed by atoms with Gasteiger partial charge < -0.3 is 32.6 Å². The summed E-state index contributed by atoms with van der Waals surface area (Å²) < 4.78 is 5.46. The highest BCUT2D eigenvalue weighted by molar-refractivity contribution is 5.85. The van der Waals surface area contributed by atoms with Gasteiger partial charge in [-0.1, -0.05) is 0 Å². The predicted octanol–water partition coefficient (Wildman–Crippen LogP) is 4.32. The quantitative estimate of drug-likeness (QED) is 0.424. The van der Waals surface area contributed by atoms with Gasteiger partial charge in [-0.2, -0.15) is 0 Å². The molecule has 0 bridgehead atoms. The summed E-state index contributed by atoms with van der Waals surface area (Å²) in [6, 6.07) is 18.8. The van der Waals surface area contributed by atoms with Crippen LogP contribution in [0.15, 0.2) is 60.7 Å². The summed E-state index contributed by atoms with van der Waals surface area (Å²) >= 11 is 0. The molecule has 3 rings (SSSR count). The maximum Gasteiger partial charge on any atom is 0.119 e. The summed E-state index contributed by atoms with van der Waals surface area (Å²) in [6.45, 7) is 2.59. The minimum atomic E-state index is 0.566. The lowest BCUT2D eigenvalue weighted by atomic mass is 10.2. The molecule has 134 valence electrons. The van der Waals surface area contributed by atoms with Crippen molar-refractivity contribution in [3.05, 3.63) is 60.7 Å². The van der Waals surface area contributed by atoms with Gasteiger partial charge in [0, 0.05) is 17.1 Å². The number of nitrogens with two attached hydrogens (primary N) is 3. The van der Waals surface area contributed by atoms with Crippen molar-refractivity contribution in [2.24, 2.45) is 0 Å². The zero-order chi connectivity index (χ0) is 18.5. The summed E-state index contributed by atoms with van der Waals surface area (Å²) in [6.07, 6.45) is 0. The van der Waals surface area contributed by atoms with Crippen LogP contribution in [0.4, 0.5) is 39.8 Å². The Morgan fingerprint density at radius 1 is 0.731 bits per heavy atom. The summed E-state index contributed by atoms with van der Waals surface area (Å²) in [5.74, 6) is 0.828. The number of anilines is 7. The molecule has 0 aliphatic rings. The molecule has 8 N–H and O–H groups in total. The Balaban J connectivity index is 1.81. The van der Waals surface area contributed by atoms with E-state index in [1.54, 1.807) is 6.07 Å². The van der Waals surface area contributed by atoms with Gasteiger partial charge in [-0.3, -0.25) is 0 Å². The standard InChI is InChI=1S/C20H23N5O/c1-2-26-16-9-7-15(8-10-16)25-20-12-19(17(22)11-18(20)23)24-14-5-3-13(21)4-6-14/h3-12,24-25H,2,21-23H2,1H3. The average Bonchev–Trinajstić information content (AvgIpc) is 2.63. The van der Waals surface area contributed by atoms with Crippen LogP contribution in [0.1, 0.15) is 6.92 Å². The van der Waals surface area contributed by atoms with Gasteiger partial charge >= 0.3 is 0 Å². The number of benzene rings is 3. The van der Waals surface area contributed by atoms with Gasteiger partial charge in [0.05, 0.1) is 29.4 Å². The lowest BCUT2D eigenvalue weighted by Crippen LogP contribution is -2.02. The SMILES string of the molecule is CCOc1ccc(Nc2cc(Nc3ccc(N)cc3)c(N)cc2N)cc1. The first-order valence-electron chi connectivity index (χ1n) is 8.36. The summed E-state index contributed by atoms with van der Waals surface area (Å²) in [4.78, 5) is 0. The summed E-state index contributed by atoms with van der Waals surface area (Å²) in [7, 11) is 0. The van der Waals surface area contributed by atoms with Gasteiger partial charge in [0.2, 0.25) is 0 Å². The van der Waals surface area contributed by atoms with Crippen LogP contribution in [-0.2, 0) is 0 Å². The molecule has 0 fully saturated rings. The Kier molecular flexibility index (Phi) is 5.03. The van der Waals surface area contributed by atoms with Gasteiger partial charge in [0.25, 0.3) is 0 Å². The van der Waals surface area contributed by atoms with E-state index in [1.807, 2.05) is 61.5 Å². The monoisotopic (exact) mass is 349 g/mol. The molecule has 0 heterocycles. The highest BCUT2D eigenvalue weighted by Gasteiger charge is 2.07. The first kappa shape index (κ1) is 17.3. The third kappa shape index (κ3) is 4.10. The van der Waals surface area contributed by atoms with Gasteiger partial charge in [0.1, 0.15) is 5.75 Å². The van der Waals surface area contributed by atoms with Crippen LogP contribution in [0.25, 0.3) is 0 Å². The van der Waals surface area contributed by atoms with Crippen LogP contribution >= 0.6 is 0 Å². The van der Waals surface area contributed by atoms with Gasteiger partial charge in [-0.15, -0.1) is 0 Å². The molecule has 3 aromatic carbocycles. The van der Waals surface area contributed by atoms with E-state index < -0.39 is 0 Å². The van der Waals surface area contributed by atoms with Crippen molar-refractivity contribution in [2.75, 3.05) is 34.4 Å². The molecule has 0 aliphatic carbocycles. The topological polar surface area (TPSA) is 111 Å². The van der Waals surface area contributed by atoms with Crippen LogP contribution in [0.3, 0.4) is 0 Å². The number of rotatable bonds is 6. The Bertz CT molecular complexity index is 876. The van der Waals surface area contributed by atoms with Crippen molar-refractivity contribution in [1.29, 1.82) is 0 Å². The molecule has 6 heteroatoms. The Labute approximate surface area is 153 Å². The van der Waals surface area contributed by atoms with Crippen LogP contribution < -0.4 is 32.6 Å². The zero-order valence-electron chi connectivity index (χ0n) is 14.6. The minimum absolute atomic E-state index is 0.566. The van der Waals surface area contributed by atoms with E-state index in [1.165, 1.54) is 0 Å². The Hall–Kier alpha value is -3.54. The molecule has 26 heavy (non-hydrogen) atoms. The molecular weight excluding hydrogens is 326 g/mol. The molecule has 0 spiro atoms. The van der Waals surface area contributed by atoms with Gasteiger partial charge in [-0.25, -0.2) is 0 Å². The fourth-order valence-electron chi connectivity index (χ4n) is 2.53. The number of nitrogen functional groups attached to an aromatic ring is 3. The third-order valence-electron chi connectivity index (χ3n) is 3.86. The molecule has 0 aliphatic heterocycles. The number of nitrogens with one attached hydrogen (secondary N) is 2. The largest absolute Gasteiger partial charge is 0.494 e. The highest BCUT2D eigenvalue weighted by Crippen LogP contribution is 2.33. The van der Waals surface area contributed by atoms with Gasteiger partial charge in [0.15, 0.2) is 0 Å². The molecule has 0 saturated heterocycles. The highest BCUT2D eigenvalue weighted by atomic mass is 16.5. The second-order valence-corrected chi connectivity index (χ2v) is 5.86. The molecule has 3 aromatic rings. The third-order valence-corrected chi connectivity index (χ3v) is 3.86. The van der Waals surface area contributed by atoms with Crippen molar-refractivity contribution < 1.29 is 4.74 Å². The van der Waals surface area contributed by atoms with E-state index in [4.69, 9.17) is 21.9 Å². The van der Waals surface area contributed by atoms with Crippen molar-refractivity contribution >= 4 is 39.8 Å². The van der Waals surface area contributed by atoms with E-state index >= 15 is 0 Å². The van der Waals surface area contributed by atoms with Crippen LogP contribution in [0.2, 0.25) is 0 Å². The number of hydrogen-bond donors (Lipinski definition) is 5. The Morgan fingerprint density at radius 2 is 1.23 bits per heavy atom. The second kappa shape index (κ2) is 7.57. The lowest BCUT2D eigenvalue weighted by Gasteiger charge is -2.15. The van der Waals surface area contributed by atoms with E-state index in [0.29, 0.717) is 23.7 Å². The normalized spacial score (nSPS) is 10.3. The first-order chi connectivity index (χ1) is 12.5. The number of ether oxygens (including phenoxy) is 1. The van der Waals surface area contributed by atoms with Crippen LogP contribution in [-0.4, -0.2) is 6.61 Å². The van der Waals surface area contributed by atoms with Gasteiger partial charge in [-0.05, 0) is 67.6 Å². The predicted molar refractivity (Wildman–Crippen MR) is 110 cm³/mol. The average molecular weight is 349 g/mol. The van der Waals surface area contributed by atoms with Crippen molar-refractivity contribution in [1.82, 2.24) is 0 Å². The maximum absolute atomic E-state index is 6.12. The Morgan fingerprint density at radius 3 is 1.73 bits per heavy atom. The first-order valence-corrected chi connectivity index (χ1v) is 8.36. The van der Waals surface area contributed by atoms with E-state index in [2.05, 4.69) is 10.6 Å². The minimum Gasteiger partial charge on any atom is -0.494 e. The molecule has 0 atom stereocenters. The molecule has 0 radical (unpaired) electrons. The maximum atomic E-state index is 6.12. The smallest absolute Gasteiger partial charge is 0.119 e. The summed E-state index contributed by atoms with van der Waals surface area (Å²) in [5.41, 5.74) is 23.1. The second-order valence-electron chi connectivity index (χ2n) is 5.86. The van der Waals surface area contributed by atoms with E-state index in [0.717, 1.165) is 28.5 Å². The zero-order valence-corrected chi connectivity index (χ0v) is 14.6. The lowest BCUT2D eigenvalue weighted by molar-refractivity contribution is 0.340. The molecule has 0 unspecified atom stereocenters. The van der Waals surface area contributed by atoms with Crippen LogP contribution in [0.5, 0.6) is 5.75 Å². The molecular formula is C20H23N5O. The van der Waals surface area contributed by atoms with Crippen molar-refractivity contribution in [2.45, 2.75) is 6.92 Å². The fraction of sp³-hybridized carbons (Fsp3) is 0.100. The van der Waals surface area contributed by atoms with Crippen LogP contribution in [0, 0.1) is 0 Å². The van der Waals surface area contributed by atoms with Crippen molar-refractivity contribution in [3.8, 4) is 5.75 Å². The van der Waals surface area contributed by atoms with E-state index in [-0.39, 0.29) is 0 Å².